The van der Waals surface area contributed by atoms with Crippen LogP contribution in [0.2, 0.25) is 0 Å². The zero-order valence-electron chi connectivity index (χ0n) is 11.8. The Bertz CT molecular complexity index is 418. The average molecular weight is 254 g/mol. The highest BCUT2D eigenvalue weighted by atomic mass is 16.5. The van der Waals surface area contributed by atoms with Crippen LogP contribution >= 0.6 is 0 Å². The van der Waals surface area contributed by atoms with Gasteiger partial charge in [0.15, 0.2) is 0 Å². The SMILES string of the molecule is CCC(OC(CC)c1ccccc1)c1ccccc1. The molecule has 2 rings (SSSR count). The van der Waals surface area contributed by atoms with E-state index in [1.165, 1.54) is 11.1 Å². The predicted molar refractivity (Wildman–Crippen MR) is 80.0 cm³/mol. The summed E-state index contributed by atoms with van der Waals surface area (Å²) in [6, 6.07) is 21.0. The molecule has 0 radical (unpaired) electrons. The second-order valence-corrected chi connectivity index (χ2v) is 4.75. The zero-order valence-corrected chi connectivity index (χ0v) is 11.8. The monoisotopic (exact) mass is 254 g/mol. The van der Waals surface area contributed by atoms with Gasteiger partial charge >= 0.3 is 0 Å². The van der Waals surface area contributed by atoms with Crippen molar-refractivity contribution in [2.24, 2.45) is 0 Å². The lowest BCUT2D eigenvalue weighted by molar-refractivity contribution is -0.0192. The van der Waals surface area contributed by atoms with Crippen molar-refractivity contribution >= 4 is 0 Å². The van der Waals surface area contributed by atoms with E-state index in [2.05, 4.69) is 62.4 Å². The first-order chi connectivity index (χ1) is 9.35. The number of rotatable bonds is 6. The summed E-state index contributed by atoms with van der Waals surface area (Å²) < 4.78 is 6.32. The molecule has 0 N–H and O–H groups in total. The van der Waals surface area contributed by atoms with Crippen molar-refractivity contribution in [1.29, 1.82) is 0 Å². The van der Waals surface area contributed by atoms with E-state index in [1.54, 1.807) is 0 Å². The number of ether oxygens (including phenoxy) is 1. The van der Waals surface area contributed by atoms with Crippen LogP contribution < -0.4 is 0 Å². The van der Waals surface area contributed by atoms with E-state index in [0.717, 1.165) is 12.8 Å². The predicted octanol–water partition coefficient (Wildman–Crippen LogP) is 5.31. The summed E-state index contributed by atoms with van der Waals surface area (Å²) in [4.78, 5) is 0. The van der Waals surface area contributed by atoms with Crippen LogP contribution in [-0.2, 0) is 4.74 Å². The van der Waals surface area contributed by atoms with Gasteiger partial charge in [0.1, 0.15) is 0 Å². The van der Waals surface area contributed by atoms with Crippen molar-refractivity contribution in [3.63, 3.8) is 0 Å². The molecule has 0 saturated carbocycles. The molecule has 2 atom stereocenters. The molecule has 100 valence electrons. The Morgan fingerprint density at radius 3 is 1.37 bits per heavy atom. The van der Waals surface area contributed by atoms with Crippen molar-refractivity contribution in [3.8, 4) is 0 Å². The van der Waals surface area contributed by atoms with Crippen molar-refractivity contribution in [1.82, 2.24) is 0 Å². The maximum absolute atomic E-state index is 6.32. The zero-order chi connectivity index (χ0) is 13.5. The van der Waals surface area contributed by atoms with E-state index >= 15 is 0 Å². The summed E-state index contributed by atoms with van der Waals surface area (Å²) in [5.41, 5.74) is 2.53. The Hall–Kier alpha value is -1.60. The van der Waals surface area contributed by atoms with Gasteiger partial charge in [0.2, 0.25) is 0 Å². The van der Waals surface area contributed by atoms with Crippen molar-refractivity contribution in [3.05, 3.63) is 71.8 Å². The third-order valence-electron chi connectivity index (χ3n) is 3.41. The minimum Gasteiger partial charge on any atom is -0.366 e. The third-order valence-corrected chi connectivity index (χ3v) is 3.41. The molecule has 2 aromatic carbocycles. The van der Waals surface area contributed by atoms with Gasteiger partial charge in [0.05, 0.1) is 12.2 Å². The van der Waals surface area contributed by atoms with Crippen LogP contribution in [0.15, 0.2) is 60.7 Å². The molecular formula is C18H22O. The molecule has 1 heteroatoms. The van der Waals surface area contributed by atoms with Gasteiger partial charge < -0.3 is 4.74 Å². The highest BCUT2D eigenvalue weighted by Crippen LogP contribution is 2.30. The van der Waals surface area contributed by atoms with Gasteiger partial charge in [-0.25, -0.2) is 0 Å². The van der Waals surface area contributed by atoms with Crippen molar-refractivity contribution in [2.75, 3.05) is 0 Å². The molecule has 0 aliphatic carbocycles. The molecule has 0 heterocycles. The first-order valence-electron chi connectivity index (χ1n) is 7.10. The van der Waals surface area contributed by atoms with Crippen LogP contribution in [0.25, 0.3) is 0 Å². The van der Waals surface area contributed by atoms with Crippen LogP contribution in [0.1, 0.15) is 50.0 Å². The van der Waals surface area contributed by atoms with Crippen molar-refractivity contribution in [2.45, 2.75) is 38.9 Å². The minimum absolute atomic E-state index is 0.173. The van der Waals surface area contributed by atoms with E-state index in [4.69, 9.17) is 4.74 Å². The summed E-state index contributed by atoms with van der Waals surface area (Å²) in [5.74, 6) is 0. The molecule has 0 spiro atoms. The Balaban J connectivity index is 2.13. The Kier molecular flexibility index (Phi) is 5.17. The molecular weight excluding hydrogens is 232 g/mol. The second-order valence-electron chi connectivity index (χ2n) is 4.75. The van der Waals surface area contributed by atoms with Gasteiger partial charge in [-0.1, -0.05) is 74.5 Å². The maximum Gasteiger partial charge on any atom is 0.0830 e. The molecule has 2 aromatic rings. The van der Waals surface area contributed by atoms with E-state index in [9.17, 15) is 0 Å². The van der Waals surface area contributed by atoms with E-state index in [1.807, 2.05) is 12.1 Å². The standard InChI is InChI=1S/C18H22O/c1-3-17(15-11-7-5-8-12-15)19-18(4-2)16-13-9-6-10-14-16/h5-14,17-18H,3-4H2,1-2H3. The molecule has 0 fully saturated rings. The lowest BCUT2D eigenvalue weighted by atomic mass is 10.0. The van der Waals surface area contributed by atoms with Gasteiger partial charge in [0, 0.05) is 0 Å². The van der Waals surface area contributed by atoms with E-state index in [-0.39, 0.29) is 12.2 Å². The summed E-state index contributed by atoms with van der Waals surface area (Å²) in [6.45, 7) is 4.35. The normalized spacial score (nSPS) is 14.0. The molecule has 19 heavy (non-hydrogen) atoms. The fourth-order valence-corrected chi connectivity index (χ4v) is 2.35. The van der Waals surface area contributed by atoms with E-state index in [0.29, 0.717) is 0 Å². The van der Waals surface area contributed by atoms with Crippen molar-refractivity contribution < 1.29 is 4.74 Å². The summed E-state index contributed by atoms with van der Waals surface area (Å²) in [5, 5.41) is 0. The molecule has 0 aliphatic heterocycles. The van der Waals surface area contributed by atoms with E-state index < -0.39 is 0 Å². The lowest BCUT2D eigenvalue weighted by Crippen LogP contribution is -2.09. The Morgan fingerprint density at radius 2 is 1.05 bits per heavy atom. The minimum atomic E-state index is 0.173. The van der Waals surface area contributed by atoms with Crippen LogP contribution in [0, 0.1) is 0 Å². The first-order valence-corrected chi connectivity index (χ1v) is 7.10. The summed E-state index contributed by atoms with van der Waals surface area (Å²) >= 11 is 0. The molecule has 0 aromatic heterocycles. The van der Waals surface area contributed by atoms with Crippen LogP contribution in [-0.4, -0.2) is 0 Å². The molecule has 0 saturated heterocycles. The lowest BCUT2D eigenvalue weighted by Gasteiger charge is -2.24. The molecule has 1 nitrogen and oxygen atoms in total. The molecule has 0 aliphatic rings. The maximum atomic E-state index is 6.32. The van der Waals surface area contributed by atoms with Gasteiger partial charge in [0.25, 0.3) is 0 Å². The average Bonchev–Trinajstić information content (AvgIpc) is 2.50. The first kappa shape index (κ1) is 13.8. The highest BCUT2D eigenvalue weighted by molar-refractivity contribution is 5.20. The molecule has 2 unspecified atom stereocenters. The molecule has 0 amide bonds. The third kappa shape index (κ3) is 3.68. The smallest absolute Gasteiger partial charge is 0.0830 e. The largest absolute Gasteiger partial charge is 0.366 e. The number of hydrogen-bond acceptors (Lipinski definition) is 1. The van der Waals surface area contributed by atoms with Gasteiger partial charge in [-0.15, -0.1) is 0 Å². The summed E-state index contributed by atoms with van der Waals surface area (Å²) in [7, 11) is 0. The van der Waals surface area contributed by atoms with Crippen LogP contribution in [0.3, 0.4) is 0 Å². The Labute approximate surface area is 116 Å². The fourth-order valence-electron chi connectivity index (χ4n) is 2.35. The molecule has 0 bridgehead atoms. The Morgan fingerprint density at radius 1 is 0.684 bits per heavy atom. The van der Waals surface area contributed by atoms with Gasteiger partial charge in [-0.3, -0.25) is 0 Å². The summed E-state index contributed by atoms with van der Waals surface area (Å²) in [6.07, 6.45) is 2.33. The fraction of sp³-hybridized carbons (Fsp3) is 0.333. The number of benzene rings is 2. The highest BCUT2D eigenvalue weighted by Gasteiger charge is 2.16. The van der Waals surface area contributed by atoms with Gasteiger partial charge in [-0.2, -0.15) is 0 Å². The number of hydrogen-bond donors (Lipinski definition) is 0. The van der Waals surface area contributed by atoms with Crippen LogP contribution in [0.5, 0.6) is 0 Å². The van der Waals surface area contributed by atoms with Crippen LogP contribution in [0.4, 0.5) is 0 Å². The van der Waals surface area contributed by atoms with Gasteiger partial charge in [-0.05, 0) is 24.0 Å². The topological polar surface area (TPSA) is 9.23 Å². The quantitative estimate of drug-likeness (QED) is 0.679. The second kappa shape index (κ2) is 7.10.